The molecule has 0 saturated carbocycles. The van der Waals surface area contributed by atoms with E-state index in [2.05, 4.69) is 44.1 Å². The van der Waals surface area contributed by atoms with Crippen LogP contribution in [0.4, 0.5) is 0 Å². The first kappa shape index (κ1) is 17.2. The Morgan fingerprint density at radius 3 is 1.95 bits per heavy atom. The van der Waals surface area contributed by atoms with Gasteiger partial charge in [0.25, 0.3) is 0 Å². The summed E-state index contributed by atoms with van der Waals surface area (Å²) in [6, 6.07) is 4.36. The lowest BCUT2D eigenvalue weighted by molar-refractivity contribution is 0.363. The van der Waals surface area contributed by atoms with Crippen molar-refractivity contribution in [2.75, 3.05) is 0 Å². The summed E-state index contributed by atoms with van der Waals surface area (Å²) < 4.78 is 0. The van der Waals surface area contributed by atoms with E-state index in [0.29, 0.717) is 5.41 Å². The van der Waals surface area contributed by atoms with Gasteiger partial charge in [0.05, 0.1) is 0 Å². The Balaban J connectivity index is 2.57. The van der Waals surface area contributed by atoms with Gasteiger partial charge in [-0.15, -0.1) is 0 Å². The first-order valence-electron chi connectivity index (χ1n) is 8.63. The van der Waals surface area contributed by atoms with Gasteiger partial charge in [-0.25, -0.2) is 0 Å². The molecule has 0 saturated heterocycles. The monoisotopic (exact) mass is 275 g/mol. The zero-order valence-corrected chi connectivity index (χ0v) is 13.8. The van der Waals surface area contributed by atoms with Crippen LogP contribution in [0.5, 0.6) is 0 Å². The fourth-order valence-electron chi connectivity index (χ4n) is 3.02. The average Bonchev–Trinajstić information content (AvgIpc) is 2.49. The molecule has 1 rings (SSSR count). The summed E-state index contributed by atoms with van der Waals surface area (Å²) in [5.74, 6) is 0. The van der Waals surface area contributed by atoms with Crippen LogP contribution in [0.25, 0.3) is 0 Å². The van der Waals surface area contributed by atoms with Crippen molar-refractivity contribution >= 4 is 0 Å². The maximum absolute atomic E-state index is 4.34. The van der Waals surface area contributed by atoms with E-state index < -0.39 is 0 Å². The number of nitrogens with zero attached hydrogens (tertiary/aromatic N) is 1. The molecule has 1 heterocycles. The Hall–Kier alpha value is -0.850. The molecule has 0 spiro atoms. The summed E-state index contributed by atoms with van der Waals surface area (Å²) in [4.78, 5) is 4.34. The van der Waals surface area contributed by atoms with Gasteiger partial charge < -0.3 is 0 Å². The second-order valence-corrected chi connectivity index (χ2v) is 6.42. The molecule has 1 nitrogen and oxygen atoms in total. The number of rotatable bonds is 11. The number of pyridine rings is 1. The van der Waals surface area contributed by atoms with Crippen LogP contribution in [0, 0.1) is 0 Å². The lowest BCUT2D eigenvalue weighted by Gasteiger charge is -2.30. The van der Waals surface area contributed by atoms with Crippen molar-refractivity contribution in [1.29, 1.82) is 0 Å². The minimum Gasteiger partial charge on any atom is -0.264 e. The normalized spacial score (nSPS) is 11.8. The molecule has 0 unspecified atom stereocenters. The summed E-state index contributed by atoms with van der Waals surface area (Å²) in [6.45, 7) is 7.01. The van der Waals surface area contributed by atoms with Crippen LogP contribution in [0.2, 0.25) is 0 Å². The lowest BCUT2D eigenvalue weighted by Crippen LogP contribution is -2.22. The molecule has 0 N–H and O–H groups in total. The van der Waals surface area contributed by atoms with Crippen molar-refractivity contribution < 1.29 is 0 Å². The molecule has 0 aliphatic carbocycles. The van der Waals surface area contributed by atoms with Crippen LogP contribution in [0.3, 0.4) is 0 Å². The fourth-order valence-corrected chi connectivity index (χ4v) is 3.02. The number of aromatic nitrogens is 1. The minimum atomic E-state index is 0.329. The average molecular weight is 275 g/mol. The third kappa shape index (κ3) is 6.07. The molecule has 0 amide bonds. The van der Waals surface area contributed by atoms with Gasteiger partial charge in [0.1, 0.15) is 0 Å². The lowest BCUT2D eigenvalue weighted by atomic mass is 9.75. The Morgan fingerprint density at radius 1 is 0.900 bits per heavy atom. The minimum absolute atomic E-state index is 0.329. The highest BCUT2D eigenvalue weighted by Gasteiger charge is 2.25. The van der Waals surface area contributed by atoms with E-state index in [1.807, 2.05) is 6.20 Å². The van der Waals surface area contributed by atoms with Gasteiger partial charge in [0, 0.05) is 12.4 Å². The third-order valence-corrected chi connectivity index (χ3v) is 4.52. The first-order valence-corrected chi connectivity index (χ1v) is 8.63. The Morgan fingerprint density at radius 2 is 1.50 bits per heavy atom. The predicted octanol–water partition coefficient (Wildman–Crippen LogP) is 6.28. The van der Waals surface area contributed by atoms with Crippen LogP contribution >= 0.6 is 0 Å². The highest BCUT2D eigenvalue weighted by atomic mass is 14.6. The zero-order valence-electron chi connectivity index (χ0n) is 13.8. The van der Waals surface area contributed by atoms with Crippen molar-refractivity contribution in [3.8, 4) is 0 Å². The molecule has 0 fully saturated rings. The molecule has 0 aliphatic heterocycles. The summed E-state index contributed by atoms with van der Waals surface area (Å²) >= 11 is 0. The molecular weight excluding hydrogens is 242 g/mol. The Labute approximate surface area is 126 Å². The van der Waals surface area contributed by atoms with Crippen LogP contribution in [0.15, 0.2) is 24.5 Å². The van der Waals surface area contributed by atoms with Gasteiger partial charge in [-0.3, -0.25) is 4.98 Å². The molecular formula is C19H33N. The largest absolute Gasteiger partial charge is 0.264 e. The van der Waals surface area contributed by atoms with Crippen LogP contribution < -0.4 is 0 Å². The smallest absolute Gasteiger partial charge is 0.0305 e. The van der Waals surface area contributed by atoms with Crippen molar-refractivity contribution in [1.82, 2.24) is 4.98 Å². The van der Waals surface area contributed by atoms with Crippen LogP contribution in [-0.2, 0) is 5.41 Å². The predicted molar refractivity (Wildman–Crippen MR) is 89.1 cm³/mol. The van der Waals surface area contributed by atoms with E-state index in [1.165, 1.54) is 69.8 Å². The Bertz CT molecular complexity index is 319. The van der Waals surface area contributed by atoms with E-state index >= 15 is 0 Å². The Kier molecular flexibility index (Phi) is 8.57. The molecule has 20 heavy (non-hydrogen) atoms. The molecule has 0 radical (unpaired) electrons. The first-order chi connectivity index (χ1) is 9.73. The highest BCUT2D eigenvalue weighted by molar-refractivity contribution is 5.20. The van der Waals surface area contributed by atoms with E-state index in [1.54, 1.807) is 0 Å². The quantitative estimate of drug-likeness (QED) is 0.433. The van der Waals surface area contributed by atoms with Crippen LogP contribution in [0.1, 0.15) is 90.5 Å². The van der Waals surface area contributed by atoms with Crippen molar-refractivity contribution in [3.63, 3.8) is 0 Å². The van der Waals surface area contributed by atoms with Gasteiger partial charge in [0.2, 0.25) is 0 Å². The highest BCUT2D eigenvalue weighted by Crippen LogP contribution is 2.34. The fraction of sp³-hybridized carbons (Fsp3) is 0.737. The maximum Gasteiger partial charge on any atom is 0.0305 e. The number of hydrogen-bond donors (Lipinski definition) is 0. The van der Waals surface area contributed by atoms with E-state index in [4.69, 9.17) is 0 Å². The molecule has 0 atom stereocenters. The molecule has 1 heteroatoms. The van der Waals surface area contributed by atoms with Gasteiger partial charge in [-0.05, 0) is 29.9 Å². The van der Waals surface area contributed by atoms with Gasteiger partial charge in [0.15, 0.2) is 0 Å². The molecule has 0 bridgehead atoms. The third-order valence-electron chi connectivity index (χ3n) is 4.52. The molecule has 1 aromatic heterocycles. The second-order valence-electron chi connectivity index (χ2n) is 6.42. The second kappa shape index (κ2) is 9.96. The summed E-state index contributed by atoms with van der Waals surface area (Å²) in [7, 11) is 0. The summed E-state index contributed by atoms with van der Waals surface area (Å²) in [6.07, 6.45) is 17.4. The van der Waals surface area contributed by atoms with Crippen molar-refractivity contribution in [2.24, 2.45) is 0 Å². The summed E-state index contributed by atoms with van der Waals surface area (Å²) in [5, 5.41) is 0. The SMILES string of the molecule is CCCCCCC(C)(CCCCCC)c1cccnc1. The number of hydrogen-bond acceptors (Lipinski definition) is 1. The standard InChI is InChI=1S/C19H33N/c1-4-6-8-10-14-19(3,15-11-9-7-5-2)18-13-12-16-20-17-18/h12-13,16-17H,4-11,14-15H2,1-3H3. The van der Waals surface area contributed by atoms with Gasteiger partial charge >= 0.3 is 0 Å². The zero-order chi connectivity index (χ0) is 14.7. The van der Waals surface area contributed by atoms with E-state index in [-0.39, 0.29) is 0 Å². The van der Waals surface area contributed by atoms with Crippen LogP contribution in [-0.4, -0.2) is 4.98 Å². The van der Waals surface area contributed by atoms with Crippen molar-refractivity contribution in [2.45, 2.75) is 90.4 Å². The molecule has 1 aromatic rings. The van der Waals surface area contributed by atoms with E-state index in [9.17, 15) is 0 Å². The summed E-state index contributed by atoms with van der Waals surface area (Å²) in [5.41, 5.74) is 1.77. The topological polar surface area (TPSA) is 12.9 Å². The molecule has 0 aromatic carbocycles. The van der Waals surface area contributed by atoms with Crippen molar-refractivity contribution in [3.05, 3.63) is 30.1 Å². The maximum atomic E-state index is 4.34. The molecule has 0 aliphatic rings. The van der Waals surface area contributed by atoms with Gasteiger partial charge in [-0.1, -0.05) is 78.2 Å². The van der Waals surface area contributed by atoms with Gasteiger partial charge in [-0.2, -0.15) is 0 Å². The van der Waals surface area contributed by atoms with E-state index in [0.717, 1.165) is 0 Å². The molecule has 114 valence electrons. The number of unbranched alkanes of at least 4 members (excludes halogenated alkanes) is 6.